The van der Waals surface area contributed by atoms with Gasteiger partial charge in [-0.25, -0.2) is 9.34 Å². The maximum atomic E-state index is 13.1. The Labute approximate surface area is 105 Å². The molecule has 0 bridgehead atoms. The maximum Gasteiger partial charge on any atom is 0.347 e. The van der Waals surface area contributed by atoms with E-state index in [1.165, 1.54) is 0 Å². The predicted octanol–water partition coefficient (Wildman–Crippen LogP) is 3.10. The molecule has 0 aromatic carbocycles. The standard InChI is InChI=1S/C12H25N2O2P/c1-6-7-8-16-17(15,13-9-11(13,2)3)14-10-12(14,4)5/h6-10H2,1-5H3. The van der Waals surface area contributed by atoms with E-state index in [1.54, 1.807) is 0 Å². The average molecular weight is 260 g/mol. The van der Waals surface area contributed by atoms with Crippen molar-refractivity contribution in [2.45, 2.75) is 58.5 Å². The lowest BCUT2D eigenvalue weighted by molar-refractivity contribution is 0.255. The molecule has 5 heteroatoms. The van der Waals surface area contributed by atoms with Crippen LogP contribution in [-0.2, 0) is 9.09 Å². The summed E-state index contributed by atoms with van der Waals surface area (Å²) in [5.74, 6) is 0. The lowest BCUT2D eigenvalue weighted by atomic mass is 10.2. The quantitative estimate of drug-likeness (QED) is 0.417. The summed E-state index contributed by atoms with van der Waals surface area (Å²) in [6.45, 7) is 13.0. The van der Waals surface area contributed by atoms with Crippen LogP contribution in [-0.4, -0.2) is 40.1 Å². The van der Waals surface area contributed by atoms with Crippen LogP contribution in [0.2, 0.25) is 0 Å². The Morgan fingerprint density at radius 1 is 1.12 bits per heavy atom. The number of rotatable bonds is 6. The van der Waals surface area contributed by atoms with Crippen LogP contribution in [0.1, 0.15) is 47.5 Å². The number of unbranched alkanes of at least 4 members (excludes halogenated alkanes) is 1. The summed E-state index contributed by atoms with van der Waals surface area (Å²) < 4.78 is 22.9. The molecule has 0 amide bonds. The first-order valence-corrected chi connectivity index (χ1v) is 8.08. The molecule has 2 aliphatic heterocycles. The van der Waals surface area contributed by atoms with Crippen LogP contribution >= 0.6 is 7.67 Å². The van der Waals surface area contributed by atoms with Crippen molar-refractivity contribution in [1.82, 2.24) is 9.34 Å². The zero-order valence-corrected chi connectivity index (χ0v) is 12.6. The van der Waals surface area contributed by atoms with E-state index in [-0.39, 0.29) is 11.1 Å². The molecule has 0 aliphatic carbocycles. The van der Waals surface area contributed by atoms with Crippen molar-refractivity contribution in [3.8, 4) is 0 Å². The first-order valence-electron chi connectivity index (χ1n) is 6.55. The highest BCUT2D eigenvalue weighted by Gasteiger charge is 2.65. The Bertz CT molecular complexity index is 328. The summed E-state index contributed by atoms with van der Waals surface area (Å²) in [6, 6.07) is 0. The van der Waals surface area contributed by atoms with Gasteiger partial charge in [-0.05, 0) is 34.1 Å². The van der Waals surface area contributed by atoms with Crippen LogP contribution in [0, 0.1) is 0 Å². The van der Waals surface area contributed by atoms with Crippen molar-refractivity contribution in [3.05, 3.63) is 0 Å². The van der Waals surface area contributed by atoms with Gasteiger partial charge in [0.25, 0.3) is 0 Å². The molecule has 2 fully saturated rings. The molecule has 2 saturated heterocycles. The van der Waals surface area contributed by atoms with Crippen LogP contribution in [0.15, 0.2) is 0 Å². The number of hydrogen-bond acceptors (Lipinski definition) is 2. The molecule has 2 rings (SSSR count). The van der Waals surface area contributed by atoms with Crippen molar-refractivity contribution < 1.29 is 9.09 Å². The van der Waals surface area contributed by atoms with Crippen molar-refractivity contribution in [3.63, 3.8) is 0 Å². The summed E-state index contributed by atoms with van der Waals surface area (Å²) >= 11 is 0. The molecule has 2 unspecified atom stereocenters. The van der Waals surface area contributed by atoms with Gasteiger partial charge in [-0.2, -0.15) is 0 Å². The van der Waals surface area contributed by atoms with Crippen LogP contribution < -0.4 is 0 Å². The third-order valence-corrected chi connectivity index (χ3v) is 6.74. The molecule has 2 heterocycles. The second-order valence-electron chi connectivity index (χ2n) is 6.42. The second kappa shape index (κ2) is 4.06. The largest absolute Gasteiger partial charge is 0.347 e. The Hall–Kier alpha value is 0.110. The fourth-order valence-corrected chi connectivity index (χ4v) is 5.45. The highest BCUT2D eigenvalue weighted by molar-refractivity contribution is 7.54. The van der Waals surface area contributed by atoms with E-state index in [2.05, 4.69) is 34.6 Å². The molecule has 100 valence electrons. The van der Waals surface area contributed by atoms with E-state index in [1.807, 2.05) is 9.34 Å². The smallest absolute Gasteiger partial charge is 0.306 e. The molecule has 0 aromatic rings. The van der Waals surface area contributed by atoms with Crippen molar-refractivity contribution in [2.24, 2.45) is 0 Å². The fourth-order valence-electron chi connectivity index (χ4n) is 2.12. The van der Waals surface area contributed by atoms with Gasteiger partial charge < -0.3 is 4.52 Å². The van der Waals surface area contributed by atoms with E-state index >= 15 is 0 Å². The van der Waals surface area contributed by atoms with Gasteiger partial charge in [0.2, 0.25) is 0 Å². The van der Waals surface area contributed by atoms with E-state index in [4.69, 9.17) is 4.52 Å². The summed E-state index contributed by atoms with van der Waals surface area (Å²) in [4.78, 5) is 0. The van der Waals surface area contributed by atoms with E-state index in [9.17, 15) is 4.57 Å². The highest BCUT2D eigenvalue weighted by Crippen LogP contribution is 2.70. The molecule has 0 radical (unpaired) electrons. The zero-order valence-electron chi connectivity index (χ0n) is 11.7. The molecule has 0 aromatic heterocycles. The lowest BCUT2D eigenvalue weighted by Crippen LogP contribution is -2.18. The van der Waals surface area contributed by atoms with Gasteiger partial charge in [-0.3, -0.25) is 4.57 Å². The van der Waals surface area contributed by atoms with Crippen LogP contribution in [0.3, 0.4) is 0 Å². The third-order valence-electron chi connectivity index (χ3n) is 3.63. The van der Waals surface area contributed by atoms with Gasteiger partial charge in [0.1, 0.15) is 0 Å². The van der Waals surface area contributed by atoms with Crippen LogP contribution in [0.5, 0.6) is 0 Å². The molecule has 0 spiro atoms. The number of nitrogens with zero attached hydrogens (tertiary/aromatic N) is 2. The molecule has 2 atom stereocenters. The topological polar surface area (TPSA) is 32.3 Å². The molecular weight excluding hydrogens is 235 g/mol. The Morgan fingerprint density at radius 2 is 1.53 bits per heavy atom. The van der Waals surface area contributed by atoms with E-state index < -0.39 is 7.67 Å². The molecule has 2 aliphatic rings. The van der Waals surface area contributed by atoms with Crippen molar-refractivity contribution in [1.29, 1.82) is 0 Å². The van der Waals surface area contributed by atoms with Gasteiger partial charge in [0.05, 0.1) is 6.61 Å². The zero-order chi connectivity index (χ0) is 12.9. The molecule has 0 N–H and O–H groups in total. The summed E-state index contributed by atoms with van der Waals surface area (Å²) in [5, 5.41) is 0. The van der Waals surface area contributed by atoms with Crippen molar-refractivity contribution in [2.75, 3.05) is 19.7 Å². The van der Waals surface area contributed by atoms with Gasteiger partial charge >= 0.3 is 7.67 Å². The van der Waals surface area contributed by atoms with E-state index in [0.29, 0.717) is 6.61 Å². The third kappa shape index (κ3) is 2.46. The average Bonchev–Trinajstić information content (AvgIpc) is 3.03. The van der Waals surface area contributed by atoms with Crippen molar-refractivity contribution >= 4 is 7.67 Å². The molecule has 17 heavy (non-hydrogen) atoms. The predicted molar refractivity (Wildman–Crippen MR) is 70.0 cm³/mol. The highest BCUT2D eigenvalue weighted by atomic mass is 31.2. The Balaban J connectivity index is 2.06. The second-order valence-corrected chi connectivity index (χ2v) is 8.62. The minimum atomic E-state index is -2.75. The first kappa shape index (κ1) is 13.5. The summed E-state index contributed by atoms with van der Waals surface area (Å²) in [7, 11) is -2.75. The fraction of sp³-hybridized carbons (Fsp3) is 1.00. The number of hydrogen-bond donors (Lipinski definition) is 0. The first-order chi connectivity index (χ1) is 7.74. The Morgan fingerprint density at radius 3 is 1.82 bits per heavy atom. The normalized spacial score (nSPS) is 36.3. The summed E-state index contributed by atoms with van der Waals surface area (Å²) in [5.41, 5.74) is 0.0842. The van der Waals surface area contributed by atoms with Crippen LogP contribution in [0.4, 0.5) is 0 Å². The lowest BCUT2D eigenvalue weighted by Gasteiger charge is -2.24. The van der Waals surface area contributed by atoms with E-state index in [0.717, 1.165) is 25.9 Å². The Kier molecular flexibility index (Phi) is 3.23. The molecule has 0 saturated carbocycles. The minimum absolute atomic E-state index is 0.0421. The molecule has 4 nitrogen and oxygen atoms in total. The van der Waals surface area contributed by atoms with Gasteiger partial charge in [-0.1, -0.05) is 13.3 Å². The minimum Gasteiger partial charge on any atom is -0.306 e. The maximum absolute atomic E-state index is 13.1. The SMILES string of the molecule is CCCCOP(=O)(N1CC1(C)C)N1CC1(C)C. The van der Waals surface area contributed by atoms with Gasteiger partial charge in [0, 0.05) is 24.2 Å². The van der Waals surface area contributed by atoms with Gasteiger partial charge in [0.15, 0.2) is 0 Å². The monoisotopic (exact) mass is 260 g/mol. The summed E-state index contributed by atoms with van der Waals surface area (Å²) in [6.07, 6.45) is 2.05. The molecular formula is C12H25N2O2P. The van der Waals surface area contributed by atoms with Gasteiger partial charge in [-0.15, -0.1) is 0 Å². The van der Waals surface area contributed by atoms with Crippen LogP contribution in [0.25, 0.3) is 0 Å².